The van der Waals surface area contributed by atoms with Crippen LogP contribution in [-0.4, -0.2) is 106 Å². The molecule has 0 bridgehead atoms. The molecule has 0 unspecified atom stereocenters. The van der Waals surface area contributed by atoms with Crippen LogP contribution in [0.4, 0.5) is 50.0 Å². The summed E-state index contributed by atoms with van der Waals surface area (Å²) >= 11 is 0. The maximum absolute atomic E-state index is 14.0. The first kappa shape index (κ1) is 32.4. The van der Waals surface area contributed by atoms with Crippen molar-refractivity contribution in [1.82, 2.24) is 14.1 Å². The highest BCUT2D eigenvalue weighted by Gasteiger charge is 2.60. The molecule has 0 radical (unpaired) electrons. The molecule has 0 aromatic heterocycles. The number of piperazine rings is 1. The second-order valence-corrected chi connectivity index (χ2v) is 12.9. The van der Waals surface area contributed by atoms with Gasteiger partial charge < -0.3 is 14.5 Å². The number of nitrogens with zero attached hydrogens (tertiary/aromatic N) is 4. The van der Waals surface area contributed by atoms with Crippen molar-refractivity contribution in [2.75, 3.05) is 63.5 Å². The summed E-state index contributed by atoms with van der Waals surface area (Å²) in [6.07, 6.45) is -20.8. The van der Waals surface area contributed by atoms with Gasteiger partial charge in [-0.05, 0) is 30.4 Å². The summed E-state index contributed by atoms with van der Waals surface area (Å²) in [5, 5.41) is 0. The summed E-state index contributed by atoms with van der Waals surface area (Å²) < 4.78 is 147. The van der Waals surface area contributed by atoms with E-state index >= 15 is 0 Å². The number of carbonyl (C=O) groups is 1. The van der Waals surface area contributed by atoms with Crippen LogP contribution >= 0.6 is 0 Å². The summed E-state index contributed by atoms with van der Waals surface area (Å²) in [6, 6.07) is 3.81. The lowest BCUT2D eigenvalue weighted by Crippen LogP contribution is -2.60. The minimum atomic E-state index is -5.83. The molecular formula is C24H29F9N4O4S. The fraction of sp³-hybridized carbons (Fsp3) is 0.708. The molecule has 3 aliphatic heterocycles. The van der Waals surface area contributed by atoms with Crippen LogP contribution in [0.2, 0.25) is 0 Å². The average Bonchev–Trinajstić information content (AvgIpc) is 2.84. The minimum absolute atomic E-state index is 0.0269. The van der Waals surface area contributed by atoms with E-state index in [0.29, 0.717) is 18.8 Å². The Balaban J connectivity index is 1.39. The van der Waals surface area contributed by atoms with E-state index in [4.69, 9.17) is 0 Å². The van der Waals surface area contributed by atoms with Gasteiger partial charge in [0, 0.05) is 70.2 Å². The lowest BCUT2D eigenvalue weighted by molar-refractivity contribution is -0.308. The zero-order chi connectivity index (χ0) is 31.3. The Labute approximate surface area is 236 Å². The lowest BCUT2D eigenvalue weighted by atomic mass is 9.72. The summed E-state index contributed by atoms with van der Waals surface area (Å²) in [4.78, 5) is 16.3. The van der Waals surface area contributed by atoms with Gasteiger partial charge in [-0.25, -0.2) is 13.2 Å². The largest absolute Gasteiger partial charge is 0.434 e. The Hall–Kier alpha value is -2.47. The molecule has 0 saturated carbocycles. The highest BCUT2D eigenvalue weighted by atomic mass is 32.2. The number of ether oxygens (including phenoxy) is 1. The second kappa shape index (κ2) is 11.2. The van der Waals surface area contributed by atoms with E-state index < -0.39 is 51.7 Å². The Morgan fingerprint density at radius 3 is 1.93 bits per heavy atom. The van der Waals surface area contributed by atoms with Crippen molar-refractivity contribution < 1.29 is 57.5 Å². The average molecular weight is 641 g/mol. The molecule has 238 valence electrons. The first-order valence-electron chi connectivity index (χ1n) is 12.9. The van der Waals surface area contributed by atoms with E-state index in [1.807, 2.05) is 0 Å². The van der Waals surface area contributed by atoms with Gasteiger partial charge >= 0.3 is 24.6 Å². The number of alkyl halides is 9. The van der Waals surface area contributed by atoms with Crippen molar-refractivity contribution in [2.24, 2.45) is 5.41 Å². The summed E-state index contributed by atoms with van der Waals surface area (Å²) in [5.41, 5.74) is -0.925. The van der Waals surface area contributed by atoms with Crippen molar-refractivity contribution >= 4 is 21.8 Å². The van der Waals surface area contributed by atoms with Crippen LogP contribution in [0.1, 0.15) is 24.0 Å². The van der Waals surface area contributed by atoms with Gasteiger partial charge in [0.2, 0.25) is 10.0 Å². The van der Waals surface area contributed by atoms with E-state index in [2.05, 4.69) is 4.74 Å². The molecule has 1 amide bonds. The second-order valence-electron chi connectivity index (χ2n) is 10.9. The van der Waals surface area contributed by atoms with Crippen molar-refractivity contribution in [3.63, 3.8) is 0 Å². The van der Waals surface area contributed by atoms with Gasteiger partial charge in [-0.2, -0.15) is 43.8 Å². The predicted molar refractivity (Wildman–Crippen MR) is 131 cm³/mol. The van der Waals surface area contributed by atoms with Gasteiger partial charge in [-0.3, -0.25) is 4.90 Å². The SMILES string of the molecule is CS(=O)(=O)N1CCN(c2cccc(C(F)(F)F)c2CN2CC3(CCN(C(=O)OC(C(F)(F)F)C(F)(F)F)CC3)C2)CC1. The maximum atomic E-state index is 14.0. The third-order valence-corrected chi connectivity index (χ3v) is 9.20. The number of carbonyl (C=O) groups excluding carboxylic acids is 1. The molecule has 0 N–H and O–H groups in total. The van der Waals surface area contributed by atoms with Gasteiger partial charge in [-0.1, -0.05) is 6.07 Å². The molecule has 18 heteroatoms. The molecule has 1 aromatic rings. The summed E-state index contributed by atoms with van der Waals surface area (Å²) in [5.74, 6) is 0. The number of piperidine rings is 1. The van der Waals surface area contributed by atoms with Gasteiger partial charge in [0.05, 0.1) is 11.8 Å². The highest BCUT2D eigenvalue weighted by molar-refractivity contribution is 7.88. The van der Waals surface area contributed by atoms with Crippen LogP contribution in [0.3, 0.4) is 0 Å². The van der Waals surface area contributed by atoms with Gasteiger partial charge in [-0.15, -0.1) is 0 Å². The Morgan fingerprint density at radius 1 is 0.905 bits per heavy atom. The quantitative estimate of drug-likeness (QED) is 0.447. The topological polar surface area (TPSA) is 73.4 Å². The molecule has 1 aromatic carbocycles. The standard InChI is InChI=1S/C24H29F9N4O4S/c1-42(39,40)37-11-9-35(10-12-37)18-4-2-3-17(22(25,26)27)16(18)13-34-14-21(15-34)5-7-36(8-6-21)20(38)41-19(23(28,29)30)24(31,32)33/h2-4,19H,5-15H2,1H3. The third kappa shape index (κ3) is 7.18. The van der Waals surface area contributed by atoms with Gasteiger partial charge in [0.15, 0.2) is 0 Å². The lowest BCUT2D eigenvalue weighted by Gasteiger charge is -2.54. The summed E-state index contributed by atoms with van der Waals surface area (Å²) in [7, 11) is -3.45. The van der Waals surface area contributed by atoms with E-state index in [1.165, 1.54) is 10.4 Å². The van der Waals surface area contributed by atoms with Crippen molar-refractivity contribution in [3.05, 3.63) is 29.3 Å². The molecule has 1 spiro atoms. The van der Waals surface area contributed by atoms with E-state index in [0.717, 1.165) is 17.2 Å². The zero-order valence-electron chi connectivity index (χ0n) is 22.3. The molecule has 42 heavy (non-hydrogen) atoms. The van der Waals surface area contributed by atoms with Crippen molar-refractivity contribution in [1.29, 1.82) is 0 Å². The Kier molecular flexibility index (Phi) is 8.67. The number of anilines is 1. The molecular weight excluding hydrogens is 611 g/mol. The van der Waals surface area contributed by atoms with E-state index in [9.17, 15) is 52.7 Å². The molecule has 8 nitrogen and oxygen atoms in total. The first-order chi connectivity index (χ1) is 19.2. The summed E-state index contributed by atoms with van der Waals surface area (Å²) in [6.45, 7) is 0.855. The molecule has 0 aliphatic carbocycles. The number of halogens is 9. The third-order valence-electron chi connectivity index (χ3n) is 7.90. The minimum Gasteiger partial charge on any atom is -0.426 e. The number of hydrogen-bond acceptors (Lipinski definition) is 6. The monoisotopic (exact) mass is 640 g/mol. The van der Waals surface area contributed by atoms with Crippen LogP contribution in [0.25, 0.3) is 0 Å². The van der Waals surface area contributed by atoms with Crippen LogP contribution in [0.5, 0.6) is 0 Å². The van der Waals surface area contributed by atoms with Crippen LogP contribution in [-0.2, 0) is 27.5 Å². The molecule has 0 atom stereocenters. The van der Waals surface area contributed by atoms with Gasteiger partial charge in [0.1, 0.15) is 0 Å². The molecule has 3 heterocycles. The number of benzene rings is 1. The van der Waals surface area contributed by atoms with Gasteiger partial charge in [0.25, 0.3) is 6.10 Å². The molecule has 3 saturated heterocycles. The van der Waals surface area contributed by atoms with Crippen molar-refractivity contribution in [2.45, 2.75) is 44.0 Å². The van der Waals surface area contributed by atoms with Crippen molar-refractivity contribution in [3.8, 4) is 0 Å². The molecule has 4 rings (SSSR count). The fourth-order valence-electron chi connectivity index (χ4n) is 5.78. The number of sulfonamides is 1. The maximum Gasteiger partial charge on any atom is 0.434 e. The smallest absolute Gasteiger partial charge is 0.426 e. The van der Waals surface area contributed by atoms with Crippen LogP contribution in [0, 0.1) is 5.41 Å². The number of hydrogen-bond donors (Lipinski definition) is 0. The van der Waals surface area contributed by atoms with E-state index in [1.54, 1.807) is 15.9 Å². The number of amides is 1. The number of rotatable bonds is 5. The van der Waals surface area contributed by atoms with Crippen LogP contribution in [0.15, 0.2) is 18.2 Å². The number of likely N-dealkylation sites (tertiary alicyclic amines) is 2. The predicted octanol–water partition coefficient (Wildman–Crippen LogP) is 4.31. The molecule has 3 fully saturated rings. The Morgan fingerprint density at radius 2 is 1.45 bits per heavy atom. The first-order valence-corrected chi connectivity index (χ1v) is 14.7. The Bertz CT molecular complexity index is 1230. The fourth-order valence-corrected chi connectivity index (χ4v) is 6.60. The zero-order valence-corrected chi connectivity index (χ0v) is 23.1. The van der Waals surface area contributed by atoms with Crippen LogP contribution < -0.4 is 4.90 Å². The molecule has 3 aliphatic rings. The normalized spacial score (nSPS) is 21.1. The highest BCUT2D eigenvalue weighted by Crippen LogP contribution is 2.44. The van der Waals surface area contributed by atoms with E-state index in [-0.39, 0.29) is 64.2 Å².